The third kappa shape index (κ3) is 10.6. The molecule has 2 amide bonds. The number of hydrogen-bond acceptors (Lipinski definition) is 3. The number of nitrogens with one attached hydrogen (secondary N) is 2. The van der Waals surface area contributed by atoms with Crippen molar-refractivity contribution in [1.29, 1.82) is 0 Å². The number of rotatable bonds is 9. The van der Waals surface area contributed by atoms with Gasteiger partial charge in [-0.2, -0.15) is 0 Å². The van der Waals surface area contributed by atoms with Crippen molar-refractivity contribution in [3.63, 3.8) is 0 Å². The second-order valence-electron chi connectivity index (χ2n) is 5.97. The van der Waals surface area contributed by atoms with Crippen LogP contribution >= 0.6 is 0 Å². The maximum atomic E-state index is 11.6. The van der Waals surface area contributed by atoms with Gasteiger partial charge in [0.25, 0.3) is 0 Å². The first-order chi connectivity index (χ1) is 9.23. The summed E-state index contributed by atoms with van der Waals surface area (Å²) in [6, 6.07) is 0. The second kappa shape index (κ2) is 9.53. The Morgan fingerprint density at radius 1 is 1.15 bits per heavy atom. The van der Waals surface area contributed by atoms with Crippen LogP contribution in [0.25, 0.3) is 0 Å². The van der Waals surface area contributed by atoms with Crippen molar-refractivity contribution in [2.24, 2.45) is 5.41 Å². The lowest BCUT2D eigenvalue weighted by Crippen LogP contribution is -2.36. The van der Waals surface area contributed by atoms with Crippen molar-refractivity contribution in [2.45, 2.75) is 40.5 Å². The van der Waals surface area contributed by atoms with E-state index in [1.54, 1.807) is 0 Å². The Hall–Kier alpha value is -1.36. The lowest BCUT2D eigenvalue weighted by atomic mass is 9.96. The summed E-state index contributed by atoms with van der Waals surface area (Å²) in [5.74, 6) is -0.0139. The molecule has 0 aromatic heterocycles. The molecule has 0 unspecified atom stereocenters. The van der Waals surface area contributed by atoms with Gasteiger partial charge in [-0.25, -0.2) is 0 Å². The van der Waals surface area contributed by atoms with Crippen LogP contribution < -0.4 is 10.6 Å². The van der Waals surface area contributed by atoms with E-state index in [1.165, 1.54) is 0 Å². The molecule has 0 rings (SSSR count). The number of amides is 2. The first-order valence-corrected chi connectivity index (χ1v) is 7.00. The van der Waals surface area contributed by atoms with E-state index < -0.39 is 0 Å². The molecule has 0 saturated heterocycles. The van der Waals surface area contributed by atoms with Gasteiger partial charge >= 0.3 is 0 Å². The molecule has 0 aromatic carbocycles. The van der Waals surface area contributed by atoms with Crippen molar-refractivity contribution >= 4 is 11.8 Å². The predicted molar refractivity (Wildman–Crippen MR) is 80.3 cm³/mol. The number of hydrogen-bond donors (Lipinski definition) is 2. The third-order valence-electron chi connectivity index (χ3n) is 2.46. The maximum absolute atomic E-state index is 11.6. The van der Waals surface area contributed by atoms with Crippen LogP contribution in [0.1, 0.15) is 40.5 Å². The van der Waals surface area contributed by atoms with Crippen molar-refractivity contribution in [1.82, 2.24) is 10.6 Å². The fourth-order valence-corrected chi connectivity index (χ4v) is 1.31. The molecule has 0 bridgehead atoms. The zero-order valence-corrected chi connectivity index (χ0v) is 13.2. The van der Waals surface area contributed by atoms with Crippen LogP contribution in [-0.4, -0.2) is 38.1 Å². The van der Waals surface area contributed by atoms with Gasteiger partial charge < -0.3 is 15.4 Å². The highest BCUT2D eigenvalue weighted by molar-refractivity contribution is 5.81. The molecule has 0 fully saturated rings. The normalized spacial score (nSPS) is 11.0. The summed E-state index contributed by atoms with van der Waals surface area (Å²) in [5, 5.41) is 5.58. The summed E-state index contributed by atoms with van der Waals surface area (Å²) in [6.07, 6.45) is 1.05. The van der Waals surface area contributed by atoms with E-state index in [0.717, 1.165) is 5.57 Å². The molecule has 0 aliphatic heterocycles. The molecular weight excluding hydrogens is 256 g/mol. The summed E-state index contributed by atoms with van der Waals surface area (Å²) < 4.78 is 5.27. The smallest absolute Gasteiger partial charge is 0.225 e. The van der Waals surface area contributed by atoms with Crippen LogP contribution in [-0.2, 0) is 14.3 Å². The summed E-state index contributed by atoms with van der Waals surface area (Å²) in [5.41, 5.74) is 0.578. The largest absolute Gasteiger partial charge is 0.375 e. The first kappa shape index (κ1) is 18.6. The van der Waals surface area contributed by atoms with Crippen LogP contribution in [0, 0.1) is 5.41 Å². The molecule has 5 nitrogen and oxygen atoms in total. The highest BCUT2D eigenvalue weighted by Crippen LogP contribution is 2.12. The molecule has 0 heterocycles. The van der Waals surface area contributed by atoms with Crippen LogP contribution in [0.15, 0.2) is 12.2 Å². The van der Waals surface area contributed by atoms with E-state index in [9.17, 15) is 9.59 Å². The standard InChI is InChI=1S/C15H28N2O3/c1-12(2)11-20-10-9-16-13(18)7-6-8-17-14(19)15(3,4)5/h1,6-11H2,2-5H3,(H,16,18)(H,17,19). The molecule has 0 saturated carbocycles. The summed E-state index contributed by atoms with van der Waals surface area (Å²) in [6.45, 7) is 13.2. The third-order valence-corrected chi connectivity index (χ3v) is 2.46. The van der Waals surface area contributed by atoms with E-state index in [-0.39, 0.29) is 17.2 Å². The van der Waals surface area contributed by atoms with Crippen molar-refractivity contribution in [3.8, 4) is 0 Å². The van der Waals surface area contributed by atoms with Crippen LogP contribution in [0.2, 0.25) is 0 Å². The number of carbonyl (C=O) groups is 2. The van der Waals surface area contributed by atoms with Crippen molar-refractivity contribution < 1.29 is 14.3 Å². The minimum absolute atomic E-state index is 0.00565. The molecule has 0 aliphatic carbocycles. The van der Waals surface area contributed by atoms with Gasteiger partial charge in [-0.1, -0.05) is 32.9 Å². The molecule has 0 aromatic rings. The van der Waals surface area contributed by atoms with E-state index in [1.807, 2.05) is 27.7 Å². The minimum Gasteiger partial charge on any atom is -0.375 e. The molecule has 2 N–H and O–H groups in total. The van der Waals surface area contributed by atoms with E-state index in [0.29, 0.717) is 39.1 Å². The topological polar surface area (TPSA) is 67.4 Å². The summed E-state index contributed by atoms with van der Waals surface area (Å²) >= 11 is 0. The lowest BCUT2D eigenvalue weighted by Gasteiger charge is -2.17. The molecule has 5 heteroatoms. The molecule has 20 heavy (non-hydrogen) atoms. The van der Waals surface area contributed by atoms with Crippen LogP contribution in [0.5, 0.6) is 0 Å². The zero-order chi connectivity index (χ0) is 15.6. The van der Waals surface area contributed by atoms with Crippen molar-refractivity contribution in [2.75, 3.05) is 26.3 Å². The lowest BCUT2D eigenvalue weighted by molar-refractivity contribution is -0.128. The zero-order valence-electron chi connectivity index (χ0n) is 13.2. The number of carbonyl (C=O) groups excluding carboxylic acids is 2. The van der Waals surface area contributed by atoms with Gasteiger partial charge in [0.05, 0.1) is 13.2 Å². The quantitative estimate of drug-likeness (QED) is 0.499. The monoisotopic (exact) mass is 284 g/mol. The average molecular weight is 284 g/mol. The fraction of sp³-hybridized carbons (Fsp3) is 0.733. The summed E-state index contributed by atoms with van der Waals surface area (Å²) in [4.78, 5) is 23.1. The highest BCUT2D eigenvalue weighted by atomic mass is 16.5. The average Bonchev–Trinajstić information content (AvgIpc) is 2.32. The van der Waals surface area contributed by atoms with E-state index in [4.69, 9.17) is 4.74 Å². The van der Waals surface area contributed by atoms with Gasteiger partial charge in [0.1, 0.15) is 0 Å². The highest BCUT2D eigenvalue weighted by Gasteiger charge is 2.20. The maximum Gasteiger partial charge on any atom is 0.225 e. The summed E-state index contributed by atoms with van der Waals surface area (Å²) in [7, 11) is 0. The molecule has 116 valence electrons. The first-order valence-electron chi connectivity index (χ1n) is 7.00. The molecule has 0 spiro atoms. The molecule has 0 aliphatic rings. The van der Waals surface area contributed by atoms with Crippen molar-refractivity contribution in [3.05, 3.63) is 12.2 Å². The van der Waals surface area contributed by atoms with E-state index >= 15 is 0 Å². The Labute approximate surface area is 122 Å². The Morgan fingerprint density at radius 3 is 2.35 bits per heavy atom. The Bertz CT molecular complexity index is 333. The SMILES string of the molecule is C=C(C)COCCNC(=O)CCCNC(=O)C(C)(C)C. The Morgan fingerprint density at radius 2 is 1.80 bits per heavy atom. The Kier molecular flexibility index (Phi) is 8.88. The van der Waals surface area contributed by atoms with Gasteiger partial charge in [-0.15, -0.1) is 0 Å². The van der Waals surface area contributed by atoms with Gasteiger partial charge in [-0.05, 0) is 13.3 Å². The van der Waals surface area contributed by atoms with Gasteiger partial charge in [0, 0.05) is 24.9 Å². The molecule has 0 radical (unpaired) electrons. The number of ether oxygens (including phenoxy) is 1. The Balaban J connectivity index is 3.50. The van der Waals surface area contributed by atoms with Gasteiger partial charge in [0.15, 0.2) is 0 Å². The fourth-order valence-electron chi connectivity index (χ4n) is 1.31. The minimum atomic E-state index is -0.386. The predicted octanol–water partition coefficient (Wildman–Crippen LogP) is 1.64. The van der Waals surface area contributed by atoms with E-state index in [2.05, 4.69) is 17.2 Å². The van der Waals surface area contributed by atoms with Gasteiger partial charge in [0.2, 0.25) is 11.8 Å². The van der Waals surface area contributed by atoms with Gasteiger partial charge in [-0.3, -0.25) is 9.59 Å². The van der Waals surface area contributed by atoms with Crippen LogP contribution in [0.4, 0.5) is 0 Å². The molecular formula is C15H28N2O3. The second-order valence-corrected chi connectivity index (χ2v) is 5.97. The van der Waals surface area contributed by atoms with Crippen LogP contribution in [0.3, 0.4) is 0 Å². The molecule has 0 atom stereocenters.